The van der Waals surface area contributed by atoms with E-state index in [2.05, 4.69) is 4.90 Å². The van der Waals surface area contributed by atoms with Gasteiger partial charge in [0.2, 0.25) is 0 Å². The fourth-order valence-electron chi connectivity index (χ4n) is 4.14. The third kappa shape index (κ3) is 3.64. The number of carboxylic acid groups (broad SMARTS) is 1. The molecule has 3 heterocycles. The summed E-state index contributed by atoms with van der Waals surface area (Å²) >= 11 is 0. The first-order chi connectivity index (χ1) is 11.6. The van der Waals surface area contributed by atoms with E-state index in [0.29, 0.717) is 25.0 Å². The van der Waals surface area contributed by atoms with Crippen molar-refractivity contribution in [3.05, 3.63) is 34.2 Å². The number of aromatic nitrogens is 1. The second-order valence-corrected chi connectivity index (χ2v) is 7.04. The lowest BCUT2D eigenvalue weighted by Gasteiger charge is -2.37. The summed E-state index contributed by atoms with van der Waals surface area (Å²) in [5.41, 5.74) is 1.07. The predicted octanol–water partition coefficient (Wildman–Crippen LogP) is 2.10. The Morgan fingerprint density at radius 2 is 1.88 bits per heavy atom. The summed E-state index contributed by atoms with van der Waals surface area (Å²) in [6.07, 6.45) is 5.97. The number of nitrogens with zero attached hydrogens (tertiary/aromatic N) is 3. The van der Waals surface area contributed by atoms with Gasteiger partial charge in [0.15, 0.2) is 0 Å². The van der Waals surface area contributed by atoms with Crippen molar-refractivity contribution < 1.29 is 9.90 Å². The van der Waals surface area contributed by atoms with Crippen LogP contribution in [0.4, 0.5) is 4.79 Å². The molecule has 1 atom stereocenters. The summed E-state index contributed by atoms with van der Waals surface area (Å²) in [6, 6.07) is 4.41. The molecule has 1 amide bonds. The summed E-state index contributed by atoms with van der Waals surface area (Å²) in [4.78, 5) is 27.5. The highest BCUT2D eigenvalue weighted by Gasteiger charge is 2.29. The van der Waals surface area contributed by atoms with E-state index in [4.69, 9.17) is 5.11 Å². The monoisotopic (exact) mass is 333 g/mol. The van der Waals surface area contributed by atoms with Gasteiger partial charge in [-0.15, -0.1) is 0 Å². The Labute approximate surface area is 142 Å². The number of hydrogen-bond acceptors (Lipinski definition) is 3. The van der Waals surface area contributed by atoms with Gasteiger partial charge in [0, 0.05) is 37.9 Å². The van der Waals surface area contributed by atoms with Crippen LogP contribution in [0.5, 0.6) is 0 Å². The van der Waals surface area contributed by atoms with Crippen LogP contribution < -0.4 is 5.56 Å². The van der Waals surface area contributed by atoms with Gasteiger partial charge >= 0.3 is 6.09 Å². The molecule has 0 spiro atoms. The van der Waals surface area contributed by atoms with Crippen molar-refractivity contribution in [3.8, 4) is 0 Å². The van der Waals surface area contributed by atoms with Crippen molar-refractivity contribution in [2.75, 3.05) is 26.2 Å². The summed E-state index contributed by atoms with van der Waals surface area (Å²) in [5, 5.41) is 9.15. The van der Waals surface area contributed by atoms with E-state index in [1.165, 1.54) is 0 Å². The van der Waals surface area contributed by atoms with Crippen LogP contribution in [0.1, 0.15) is 43.6 Å². The summed E-state index contributed by atoms with van der Waals surface area (Å²) < 4.78 is 1.66. The lowest BCUT2D eigenvalue weighted by atomic mass is 9.89. The molecular weight excluding hydrogens is 306 g/mol. The second-order valence-electron chi connectivity index (χ2n) is 7.04. The highest BCUT2D eigenvalue weighted by Crippen LogP contribution is 2.29. The third-order valence-corrected chi connectivity index (χ3v) is 5.61. The molecule has 1 aromatic heterocycles. The molecule has 6 heteroatoms. The summed E-state index contributed by atoms with van der Waals surface area (Å²) in [6.45, 7) is 3.29. The van der Waals surface area contributed by atoms with Crippen molar-refractivity contribution >= 4 is 6.09 Å². The average Bonchev–Trinajstić information content (AvgIpc) is 2.84. The Morgan fingerprint density at radius 3 is 2.58 bits per heavy atom. The van der Waals surface area contributed by atoms with Crippen LogP contribution >= 0.6 is 0 Å². The van der Waals surface area contributed by atoms with Crippen LogP contribution in [0.3, 0.4) is 0 Å². The number of likely N-dealkylation sites (tertiary alicyclic amines) is 2. The first-order valence-electron chi connectivity index (χ1n) is 8.93. The van der Waals surface area contributed by atoms with Gasteiger partial charge in [0.25, 0.3) is 5.56 Å². The zero-order valence-electron chi connectivity index (χ0n) is 14.4. The van der Waals surface area contributed by atoms with E-state index >= 15 is 0 Å². The largest absolute Gasteiger partial charge is 0.465 e. The molecule has 2 saturated heterocycles. The molecule has 6 nitrogen and oxygen atoms in total. The van der Waals surface area contributed by atoms with Crippen molar-refractivity contribution in [2.45, 2.75) is 44.1 Å². The van der Waals surface area contributed by atoms with Crippen molar-refractivity contribution in [2.24, 2.45) is 7.05 Å². The van der Waals surface area contributed by atoms with E-state index in [-0.39, 0.29) is 5.56 Å². The minimum absolute atomic E-state index is 0.127. The molecule has 0 aliphatic carbocycles. The molecule has 0 saturated carbocycles. The van der Waals surface area contributed by atoms with Crippen LogP contribution in [-0.4, -0.2) is 57.8 Å². The van der Waals surface area contributed by atoms with Gasteiger partial charge in [-0.1, -0.05) is 6.07 Å². The maximum Gasteiger partial charge on any atom is 0.407 e. The standard InChI is InChI=1S/C18H27N3O3/c1-19-9-3-5-16(17(19)22)14-6-11-20(12-7-14)15-4-2-10-21(13-8-15)18(23)24/h3,5,9,14-15H,2,4,6-8,10-13H2,1H3,(H,23,24). The van der Waals surface area contributed by atoms with Crippen LogP contribution in [0, 0.1) is 0 Å². The zero-order valence-corrected chi connectivity index (χ0v) is 14.4. The summed E-state index contributed by atoms with van der Waals surface area (Å²) in [5.74, 6) is 0.349. The summed E-state index contributed by atoms with van der Waals surface area (Å²) in [7, 11) is 1.81. The van der Waals surface area contributed by atoms with Gasteiger partial charge in [0.05, 0.1) is 0 Å². The molecule has 1 unspecified atom stereocenters. The van der Waals surface area contributed by atoms with E-state index in [9.17, 15) is 9.59 Å². The number of carbonyl (C=O) groups is 1. The number of pyridine rings is 1. The van der Waals surface area contributed by atoms with Gasteiger partial charge in [-0.05, 0) is 57.2 Å². The molecule has 2 aliphatic rings. The molecule has 3 rings (SSSR count). The molecule has 0 radical (unpaired) electrons. The number of aryl methyl sites for hydroxylation is 1. The van der Waals surface area contributed by atoms with Crippen LogP contribution in [0.2, 0.25) is 0 Å². The van der Waals surface area contributed by atoms with Crippen molar-refractivity contribution in [1.82, 2.24) is 14.4 Å². The molecular formula is C18H27N3O3. The minimum atomic E-state index is -0.797. The number of piperidine rings is 1. The molecule has 24 heavy (non-hydrogen) atoms. The van der Waals surface area contributed by atoms with Gasteiger partial charge in [-0.25, -0.2) is 4.79 Å². The Bertz CT molecular complexity index is 635. The molecule has 0 aromatic carbocycles. The first kappa shape index (κ1) is 17.0. The third-order valence-electron chi connectivity index (χ3n) is 5.61. The number of hydrogen-bond donors (Lipinski definition) is 1. The number of rotatable bonds is 2. The van der Waals surface area contributed by atoms with E-state index in [1.807, 2.05) is 12.1 Å². The topological polar surface area (TPSA) is 65.8 Å². The fraction of sp³-hybridized carbons (Fsp3) is 0.667. The van der Waals surface area contributed by atoms with Gasteiger partial charge in [-0.3, -0.25) is 4.79 Å². The SMILES string of the molecule is Cn1cccc(C2CCN(C3CCCN(C(=O)O)CC3)CC2)c1=O. The van der Waals surface area contributed by atoms with Gasteiger partial charge < -0.3 is 19.5 Å². The lowest BCUT2D eigenvalue weighted by Crippen LogP contribution is -2.42. The normalized spacial score (nSPS) is 23.9. The van der Waals surface area contributed by atoms with Gasteiger partial charge in [0.1, 0.15) is 0 Å². The van der Waals surface area contributed by atoms with Crippen molar-refractivity contribution in [3.63, 3.8) is 0 Å². The van der Waals surface area contributed by atoms with Crippen molar-refractivity contribution in [1.29, 1.82) is 0 Å². The quantitative estimate of drug-likeness (QED) is 0.900. The van der Waals surface area contributed by atoms with Crippen LogP contribution in [-0.2, 0) is 7.05 Å². The van der Waals surface area contributed by atoms with E-state index in [0.717, 1.165) is 50.8 Å². The number of amides is 1. The van der Waals surface area contributed by atoms with E-state index in [1.54, 1.807) is 22.7 Å². The minimum Gasteiger partial charge on any atom is -0.465 e. The maximum absolute atomic E-state index is 12.3. The molecule has 2 aliphatic heterocycles. The smallest absolute Gasteiger partial charge is 0.407 e. The molecule has 0 bridgehead atoms. The van der Waals surface area contributed by atoms with E-state index < -0.39 is 6.09 Å². The second kappa shape index (κ2) is 7.38. The Morgan fingerprint density at radius 1 is 1.12 bits per heavy atom. The lowest BCUT2D eigenvalue weighted by molar-refractivity contribution is 0.131. The molecule has 132 valence electrons. The zero-order chi connectivity index (χ0) is 17.1. The Balaban J connectivity index is 1.58. The highest BCUT2D eigenvalue weighted by atomic mass is 16.4. The Hall–Kier alpha value is -1.82. The van der Waals surface area contributed by atoms with Crippen LogP contribution in [0.15, 0.2) is 23.1 Å². The molecule has 1 aromatic rings. The fourth-order valence-corrected chi connectivity index (χ4v) is 4.14. The van der Waals surface area contributed by atoms with Crippen LogP contribution in [0.25, 0.3) is 0 Å². The molecule has 1 N–H and O–H groups in total. The Kier molecular flexibility index (Phi) is 5.23. The van der Waals surface area contributed by atoms with Gasteiger partial charge in [-0.2, -0.15) is 0 Å². The average molecular weight is 333 g/mol. The maximum atomic E-state index is 12.3. The highest BCUT2D eigenvalue weighted by molar-refractivity contribution is 5.64. The first-order valence-corrected chi connectivity index (χ1v) is 8.93. The molecule has 2 fully saturated rings. The predicted molar refractivity (Wildman–Crippen MR) is 92.5 cm³/mol.